The molecule has 2 aliphatic heterocycles. The molecule has 1 saturated carbocycles. The van der Waals surface area contributed by atoms with Crippen molar-refractivity contribution in [2.24, 2.45) is 5.41 Å². The van der Waals surface area contributed by atoms with Gasteiger partial charge in [-0.05, 0) is 59.7 Å². The predicted octanol–water partition coefficient (Wildman–Crippen LogP) is 4.23. The molecule has 1 saturated heterocycles. The molecular formula is C33H45N7O5. The van der Waals surface area contributed by atoms with Gasteiger partial charge in [-0.1, -0.05) is 30.3 Å². The second kappa shape index (κ2) is 13.5. The molecule has 242 valence electrons. The Morgan fingerprint density at radius 3 is 2.51 bits per heavy atom. The first-order valence-electron chi connectivity index (χ1n) is 15.7. The van der Waals surface area contributed by atoms with Crippen LogP contribution in [0.2, 0.25) is 0 Å². The molecule has 1 aromatic carbocycles. The van der Waals surface area contributed by atoms with Crippen LogP contribution in [0.3, 0.4) is 0 Å². The Kier molecular flexibility index (Phi) is 9.68. The van der Waals surface area contributed by atoms with E-state index < -0.39 is 17.8 Å². The number of nitrogens with zero attached hydrogens (tertiary/aromatic N) is 7. The fraction of sp³-hybridized carbons (Fsp3) is 0.606. The van der Waals surface area contributed by atoms with Crippen LogP contribution in [0.25, 0.3) is 0 Å². The summed E-state index contributed by atoms with van der Waals surface area (Å²) in [5.74, 6) is 0.733. The Labute approximate surface area is 265 Å². The third-order valence-electron chi connectivity index (χ3n) is 8.34. The molecule has 3 heterocycles. The van der Waals surface area contributed by atoms with E-state index in [1.165, 1.54) is 0 Å². The summed E-state index contributed by atoms with van der Waals surface area (Å²) in [4.78, 5) is 43.4. The number of nitriles is 1. The van der Waals surface area contributed by atoms with Crippen LogP contribution in [-0.2, 0) is 29.0 Å². The van der Waals surface area contributed by atoms with Crippen LogP contribution in [0.5, 0.6) is 6.01 Å². The van der Waals surface area contributed by atoms with E-state index in [9.17, 15) is 14.9 Å². The molecule has 1 aliphatic carbocycles. The summed E-state index contributed by atoms with van der Waals surface area (Å²) in [6, 6.07) is 11.8. The number of carbonyl (C=O) groups is 2. The topological polar surface area (TPSA) is 124 Å². The number of carbonyl (C=O) groups excluding carboxylic acids is 2. The van der Waals surface area contributed by atoms with Crippen LogP contribution in [0, 0.1) is 16.7 Å². The average Bonchev–Trinajstić information content (AvgIpc) is 3.76. The summed E-state index contributed by atoms with van der Waals surface area (Å²) in [6.07, 6.45) is 2.08. The Morgan fingerprint density at radius 1 is 1.09 bits per heavy atom. The SMILES string of the molecule is CN(C)CC1(COc2nc3c(c(N4CCN(C(=O)OC(C)(C)C)[C@@H](CC#N)C4)n2)CCN(C(=O)OCc2ccccc2)C3)CC1. The van der Waals surface area contributed by atoms with Crippen molar-refractivity contribution < 1.29 is 23.8 Å². The molecular weight excluding hydrogens is 574 g/mol. The first-order valence-corrected chi connectivity index (χ1v) is 15.7. The van der Waals surface area contributed by atoms with Gasteiger partial charge in [0.25, 0.3) is 0 Å². The van der Waals surface area contributed by atoms with Crippen molar-refractivity contribution in [2.75, 3.05) is 58.3 Å². The number of rotatable bonds is 9. The summed E-state index contributed by atoms with van der Waals surface area (Å²) < 4.78 is 17.5. The lowest BCUT2D eigenvalue weighted by atomic mass is 10.0. The van der Waals surface area contributed by atoms with Crippen LogP contribution in [0.1, 0.15) is 56.9 Å². The average molecular weight is 620 g/mol. The lowest BCUT2D eigenvalue weighted by molar-refractivity contribution is 0.0144. The minimum absolute atomic E-state index is 0.0904. The number of benzene rings is 1. The highest BCUT2D eigenvalue weighted by Gasteiger charge is 2.44. The second-order valence-corrected chi connectivity index (χ2v) is 13.6. The molecule has 12 heteroatoms. The standard InChI is InChI=1S/C33H45N7O5/c1-32(2,3)45-31(42)40-18-17-38(19-25(40)11-15-34)28-26-12-16-39(30(41)43-21-24-9-7-6-8-10-24)20-27(26)35-29(36-28)44-23-33(13-14-33)22-37(4)5/h6-10,25H,11-14,16-23H2,1-5H3/t25-/m0/s1. The number of amides is 2. The maximum absolute atomic E-state index is 13.1. The molecule has 1 aromatic heterocycles. The van der Waals surface area contributed by atoms with E-state index in [0.717, 1.165) is 42.0 Å². The van der Waals surface area contributed by atoms with Crippen LogP contribution >= 0.6 is 0 Å². The summed E-state index contributed by atoms with van der Waals surface area (Å²) in [5, 5.41) is 9.61. The number of hydrogen-bond acceptors (Lipinski definition) is 10. The Hall–Kier alpha value is -4.11. The zero-order chi connectivity index (χ0) is 32.2. The highest BCUT2D eigenvalue weighted by Crippen LogP contribution is 2.46. The predicted molar refractivity (Wildman–Crippen MR) is 168 cm³/mol. The van der Waals surface area contributed by atoms with Gasteiger partial charge < -0.3 is 33.8 Å². The van der Waals surface area contributed by atoms with Gasteiger partial charge in [0, 0.05) is 43.7 Å². The normalized spacial score (nSPS) is 19.0. The molecule has 3 aliphatic rings. The maximum Gasteiger partial charge on any atom is 0.410 e. The largest absolute Gasteiger partial charge is 0.463 e. The lowest BCUT2D eigenvalue weighted by Crippen LogP contribution is -2.56. The summed E-state index contributed by atoms with van der Waals surface area (Å²) in [7, 11) is 4.13. The quantitative estimate of drug-likeness (QED) is 0.403. The van der Waals surface area contributed by atoms with Crippen LogP contribution in [-0.4, -0.2) is 102 Å². The van der Waals surface area contributed by atoms with Gasteiger partial charge in [0.15, 0.2) is 0 Å². The lowest BCUT2D eigenvalue weighted by Gasteiger charge is -2.42. The van der Waals surface area contributed by atoms with E-state index in [1.807, 2.05) is 51.1 Å². The number of piperazine rings is 1. The van der Waals surface area contributed by atoms with Crippen LogP contribution < -0.4 is 9.64 Å². The van der Waals surface area contributed by atoms with E-state index in [0.29, 0.717) is 39.2 Å². The number of anilines is 1. The second-order valence-electron chi connectivity index (χ2n) is 13.6. The number of fused-ring (bicyclic) bond motifs is 1. The fourth-order valence-corrected chi connectivity index (χ4v) is 5.98. The fourth-order valence-electron chi connectivity index (χ4n) is 5.98. The van der Waals surface area contributed by atoms with Gasteiger partial charge in [0.1, 0.15) is 18.0 Å². The molecule has 1 atom stereocenters. The van der Waals surface area contributed by atoms with Crippen molar-refractivity contribution in [1.29, 1.82) is 5.26 Å². The highest BCUT2D eigenvalue weighted by atomic mass is 16.6. The van der Waals surface area contributed by atoms with Crippen molar-refractivity contribution in [3.8, 4) is 12.1 Å². The van der Waals surface area contributed by atoms with Crippen molar-refractivity contribution in [3.05, 3.63) is 47.2 Å². The molecule has 0 radical (unpaired) electrons. The molecule has 0 bridgehead atoms. The van der Waals surface area contributed by atoms with E-state index in [2.05, 4.69) is 30.0 Å². The van der Waals surface area contributed by atoms with Crippen molar-refractivity contribution >= 4 is 18.0 Å². The molecule has 45 heavy (non-hydrogen) atoms. The monoisotopic (exact) mass is 619 g/mol. The molecule has 0 unspecified atom stereocenters. The van der Waals surface area contributed by atoms with Crippen molar-refractivity contribution in [1.82, 2.24) is 24.7 Å². The van der Waals surface area contributed by atoms with Crippen LogP contribution in [0.4, 0.5) is 15.4 Å². The number of aromatic nitrogens is 2. The summed E-state index contributed by atoms with van der Waals surface area (Å²) in [5.41, 5.74) is 2.05. The molecule has 0 N–H and O–H groups in total. The third kappa shape index (κ3) is 8.34. The van der Waals surface area contributed by atoms with E-state index in [4.69, 9.17) is 24.2 Å². The van der Waals surface area contributed by atoms with Gasteiger partial charge >= 0.3 is 18.2 Å². The molecule has 2 aromatic rings. The number of hydrogen-bond donors (Lipinski definition) is 0. The third-order valence-corrected chi connectivity index (χ3v) is 8.34. The molecule has 0 spiro atoms. The minimum Gasteiger partial charge on any atom is -0.463 e. The Morgan fingerprint density at radius 2 is 1.84 bits per heavy atom. The molecule has 2 fully saturated rings. The zero-order valence-corrected chi connectivity index (χ0v) is 27.1. The summed E-state index contributed by atoms with van der Waals surface area (Å²) in [6.45, 7) is 9.19. The molecule has 12 nitrogen and oxygen atoms in total. The Bertz CT molecular complexity index is 1400. The van der Waals surface area contributed by atoms with Gasteiger partial charge in [-0.15, -0.1) is 0 Å². The van der Waals surface area contributed by atoms with E-state index >= 15 is 0 Å². The maximum atomic E-state index is 13.1. The zero-order valence-electron chi connectivity index (χ0n) is 27.1. The smallest absolute Gasteiger partial charge is 0.410 e. The van der Waals surface area contributed by atoms with Gasteiger partial charge in [0.2, 0.25) is 0 Å². The van der Waals surface area contributed by atoms with Gasteiger partial charge in [-0.3, -0.25) is 0 Å². The minimum atomic E-state index is -0.636. The van der Waals surface area contributed by atoms with Gasteiger partial charge in [0.05, 0.1) is 37.4 Å². The van der Waals surface area contributed by atoms with Gasteiger partial charge in [-0.25, -0.2) is 9.59 Å². The van der Waals surface area contributed by atoms with Gasteiger partial charge in [-0.2, -0.15) is 15.2 Å². The molecule has 5 rings (SSSR count). The Balaban J connectivity index is 1.37. The number of ether oxygens (including phenoxy) is 3. The first kappa shape index (κ1) is 32.3. The van der Waals surface area contributed by atoms with Crippen molar-refractivity contribution in [2.45, 2.75) is 71.2 Å². The van der Waals surface area contributed by atoms with E-state index in [1.54, 1.807) is 9.80 Å². The highest BCUT2D eigenvalue weighted by molar-refractivity contribution is 5.70. The van der Waals surface area contributed by atoms with E-state index in [-0.39, 0.29) is 37.0 Å². The van der Waals surface area contributed by atoms with Crippen molar-refractivity contribution in [3.63, 3.8) is 0 Å². The summed E-state index contributed by atoms with van der Waals surface area (Å²) >= 11 is 0. The first-order chi connectivity index (χ1) is 21.4. The molecule has 2 amide bonds. The van der Waals surface area contributed by atoms with Crippen LogP contribution in [0.15, 0.2) is 30.3 Å².